The number of rotatable bonds is 3. The first-order valence-corrected chi connectivity index (χ1v) is 5.61. The Hall–Kier alpha value is -2.03. The van der Waals surface area contributed by atoms with Crippen LogP contribution in [0.1, 0.15) is 25.3 Å². The maximum absolute atomic E-state index is 10.9. The number of carboxylic acid groups (broad SMARTS) is 1. The monoisotopic (exact) mass is 230 g/mol. The Balaban J connectivity index is 2.35. The summed E-state index contributed by atoms with van der Waals surface area (Å²) in [6, 6.07) is 9.60. The molecule has 0 radical (unpaired) electrons. The molecular weight excluding hydrogens is 216 g/mol. The zero-order valence-corrected chi connectivity index (χ0v) is 9.64. The molecule has 1 aromatic rings. The van der Waals surface area contributed by atoms with Crippen LogP contribution in [0.25, 0.3) is 5.76 Å². The van der Waals surface area contributed by atoms with Crippen molar-refractivity contribution in [2.75, 3.05) is 0 Å². The van der Waals surface area contributed by atoms with Gasteiger partial charge in [0.15, 0.2) is 0 Å². The van der Waals surface area contributed by atoms with Gasteiger partial charge in [-0.05, 0) is 24.5 Å². The molecule has 2 rings (SSSR count). The van der Waals surface area contributed by atoms with Crippen LogP contribution in [0.3, 0.4) is 0 Å². The topological polar surface area (TPSA) is 46.5 Å². The van der Waals surface area contributed by atoms with E-state index in [0.717, 1.165) is 17.6 Å². The minimum atomic E-state index is -1.02. The molecule has 3 nitrogen and oxygen atoms in total. The van der Waals surface area contributed by atoms with Gasteiger partial charge in [0.05, 0.1) is 0 Å². The highest BCUT2D eigenvalue weighted by Crippen LogP contribution is 2.31. The molecule has 0 saturated heterocycles. The predicted molar refractivity (Wildman–Crippen MR) is 65.1 cm³/mol. The number of carboxylic acids is 1. The average molecular weight is 230 g/mol. The first kappa shape index (κ1) is 11.5. The third kappa shape index (κ3) is 2.38. The van der Waals surface area contributed by atoms with Gasteiger partial charge in [-0.15, -0.1) is 0 Å². The van der Waals surface area contributed by atoms with Crippen molar-refractivity contribution >= 4 is 11.7 Å². The molecule has 1 aromatic carbocycles. The number of benzene rings is 1. The first-order chi connectivity index (χ1) is 8.22. The molecule has 1 aliphatic rings. The third-order valence-corrected chi connectivity index (χ3v) is 2.74. The quantitative estimate of drug-likeness (QED) is 0.867. The average Bonchev–Trinajstić information content (AvgIpc) is 2.39. The van der Waals surface area contributed by atoms with Gasteiger partial charge in [0, 0.05) is 5.56 Å². The first-order valence-electron chi connectivity index (χ1n) is 5.61. The highest BCUT2D eigenvalue weighted by molar-refractivity contribution is 5.87. The lowest BCUT2D eigenvalue weighted by atomic mass is 10.0. The van der Waals surface area contributed by atoms with Crippen LogP contribution in [-0.4, -0.2) is 11.1 Å². The Morgan fingerprint density at radius 2 is 2.06 bits per heavy atom. The minimum absolute atomic E-state index is 0.0149. The van der Waals surface area contributed by atoms with Crippen LogP contribution in [0, 0.1) is 0 Å². The Labute approximate surface area is 100 Å². The largest absolute Gasteiger partial charge is 0.475 e. The summed E-state index contributed by atoms with van der Waals surface area (Å²) in [5.41, 5.74) is 2.05. The molecule has 0 aromatic heterocycles. The second-order valence-corrected chi connectivity index (χ2v) is 3.83. The zero-order chi connectivity index (χ0) is 12.3. The summed E-state index contributed by atoms with van der Waals surface area (Å²) in [5.74, 6) is -0.317. The zero-order valence-electron chi connectivity index (χ0n) is 9.64. The van der Waals surface area contributed by atoms with Crippen LogP contribution in [0.2, 0.25) is 0 Å². The summed E-state index contributed by atoms with van der Waals surface area (Å²) >= 11 is 0. The van der Waals surface area contributed by atoms with E-state index in [2.05, 4.69) is 0 Å². The molecule has 3 heteroatoms. The van der Waals surface area contributed by atoms with Crippen LogP contribution in [0.4, 0.5) is 0 Å². The number of ether oxygens (including phenoxy) is 1. The molecule has 17 heavy (non-hydrogen) atoms. The van der Waals surface area contributed by atoms with Gasteiger partial charge in [0.25, 0.3) is 0 Å². The highest BCUT2D eigenvalue weighted by Gasteiger charge is 2.20. The molecule has 0 unspecified atom stereocenters. The maximum Gasteiger partial charge on any atom is 0.371 e. The molecule has 1 aliphatic heterocycles. The van der Waals surface area contributed by atoms with E-state index in [-0.39, 0.29) is 5.76 Å². The predicted octanol–water partition coefficient (Wildman–Crippen LogP) is 3.20. The smallest absolute Gasteiger partial charge is 0.371 e. The van der Waals surface area contributed by atoms with Crippen LogP contribution in [0.5, 0.6) is 0 Å². The third-order valence-electron chi connectivity index (χ3n) is 2.74. The van der Waals surface area contributed by atoms with Crippen molar-refractivity contribution in [3.05, 3.63) is 53.3 Å². The van der Waals surface area contributed by atoms with E-state index in [9.17, 15) is 4.79 Å². The fourth-order valence-corrected chi connectivity index (χ4v) is 1.82. The number of aliphatic carboxylic acids is 1. The lowest BCUT2D eigenvalue weighted by Crippen LogP contribution is -2.10. The lowest BCUT2D eigenvalue weighted by Gasteiger charge is -2.19. The van der Waals surface area contributed by atoms with Crippen molar-refractivity contribution in [3.8, 4) is 0 Å². The number of allylic oxidation sites excluding steroid dienone is 2. The van der Waals surface area contributed by atoms with Gasteiger partial charge >= 0.3 is 5.97 Å². The van der Waals surface area contributed by atoms with E-state index in [1.165, 1.54) is 0 Å². The van der Waals surface area contributed by atoms with Crippen molar-refractivity contribution in [2.45, 2.75) is 19.8 Å². The summed E-state index contributed by atoms with van der Waals surface area (Å²) in [7, 11) is 0. The molecule has 0 fully saturated rings. The van der Waals surface area contributed by atoms with Gasteiger partial charge in [-0.1, -0.05) is 37.3 Å². The highest BCUT2D eigenvalue weighted by atomic mass is 16.5. The molecule has 0 saturated carbocycles. The van der Waals surface area contributed by atoms with E-state index in [1.54, 1.807) is 6.08 Å². The number of hydrogen-bond donors (Lipinski definition) is 1. The fourth-order valence-electron chi connectivity index (χ4n) is 1.82. The van der Waals surface area contributed by atoms with Gasteiger partial charge in [-0.25, -0.2) is 4.79 Å². The molecule has 1 N–H and O–H groups in total. The Bertz CT molecular complexity index is 483. The van der Waals surface area contributed by atoms with Gasteiger partial charge in [-0.2, -0.15) is 0 Å². The molecular formula is C14H14O3. The van der Waals surface area contributed by atoms with Crippen LogP contribution in [-0.2, 0) is 9.53 Å². The molecule has 88 valence electrons. The second kappa shape index (κ2) is 4.87. The van der Waals surface area contributed by atoms with Crippen molar-refractivity contribution in [1.82, 2.24) is 0 Å². The van der Waals surface area contributed by atoms with Gasteiger partial charge in [0.2, 0.25) is 5.76 Å². The summed E-state index contributed by atoms with van der Waals surface area (Å²) in [6.07, 6.45) is 3.11. The molecule has 0 bridgehead atoms. The Kier molecular flexibility index (Phi) is 3.28. The van der Waals surface area contributed by atoms with E-state index in [0.29, 0.717) is 12.2 Å². The van der Waals surface area contributed by atoms with Crippen LogP contribution < -0.4 is 0 Å². The second-order valence-electron chi connectivity index (χ2n) is 3.83. The van der Waals surface area contributed by atoms with Gasteiger partial charge in [0.1, 0.15) is 5.76 Å². The summed E-state index contributed by atoms with van der Waals surface area (Å²) in [4.78, 5) is 10.9. The van der Waals surface area contributed by atoms with E-state index in [1.807, 2.05) is 37.3 Å². The maximum atomic E-state index is 10.9. The lowest BCUT2D eigenvalue weighted by molar-refractivity contribution is -0.135. The fraction of sp³-hybridized carbons (Fsp3) is 0.214. The number of hydrogen-bond acceptors (Lipinski definition) is 2. The van der Waals surface area contributed by atoms with Crippen molar-refractivity contribution < 1.29 is 14.6 Å². The summed E-state index contributed by atoms with van der Waals surface area (Å²) in [6.45, 7) is 2.04. The molecule has 1 heterocycles. The van der Waals surface area contributed by atoms with E-state index in [4.69, 9.17) is 9.84 Å². The van der Waals surface area contributed by atoms with E-state index >= 15 is 0 Å². The molecule has 0 aliphatic carbocycles. The van der Waals surface area contributed by atoms with Gasteiger partial charge in [-0.3, -0.25) is 0 Å². The van der Waals surface area contributed by atoms with Crippen LogP contribution in [0.15, 0.2) is 47.7 Å². The van der Waals surface area contributed by atoms with Gasteiger partial charge < -0.3 is 9.84 Å². The Morgan fingerprint density at radius 3 is 2.65 bits per heavy atom. The SMILES string of the molecule is CCC1=C(c2ccccc2)OC(C(=O)O)=CC1. The summed E-state index contributed by atoms with van der Waals surface area (Å²) < 4.78 is 5.48. The summed E-state index contributed by atoms with van der Waals surface area (Å²) in [5, 5.41) is 8.95. The molecule has 0 spiro atoms. The van der Waals surface area contributed by atoms with Crippen molar-refractivity contribution in [2.24, 2.45) is 0 Å². The standard InChI is InChI=1S/C14H14O3/c1-2-10-8-9-12(14(15)16)17-13(10)11-6-4-3-5-7-11/h3-7,9H,2,8H2,1H3,(H,15,16). The van der Waals surface area contributed by atoms with Crippen molar-refractivity contribution in [1.29, 1.82) is 0 Å². The minimum Gasteiger partial charge on any atom is -0.475 e. The molecule has 0 atom stereocenters. The van der Waals surface area contributed by atoms with E-state index < -0.39 is 5.97 Å². The number of carbonyl (C=O) groups is 1. The van der Waals surface area contributed by atoms with Crippen LogP contribution >= 0.6 is 0 Å². The Morgan fingerprint density at radius 1 is 1.35 bits per heavy atom. The normalized spacial score (nSPS) is 15.2. The van der Waals surface area contributed by atoms with Crippen molar-refractivity contribution in [3.63, 3.8) is 0 Å². The molecule has 0 amide bonds.